The Hall–Kier alpha value is -0.350. The Morgan fingerprint density at radius 3 is 2.86 bits per heavy atom. The molecule has 1 aliphatic rings. The molecule has 0 amide bonds. The van der Waals surface area contributed by atoms with Gasteiger partial charge >= 0.3 is 0 Å². The molecule has 0 saturated carbocycles. The maximum absolute atomic E-state index is 11.4. The molecule has 1 aliphatic heterocycles. The van der Waals surface area contributed by atoms with Gasteiger partial charge in [-0.05, 0) is 41.7 Å². The minimum absolute atomic E-state index is 0. The van der Waals surface area contributed by atoms with Crippen LogP contribution in [0.1, 0.15) is 18.9 Å². The van der Waals surface area contributed by atoms with Gasteiger partial charge in [0.15, 0.2) is 15.8 Å². The predicted octanol–water partition coefficient (Wildman–Crippen LogP) is 1.86. The highest BCUT2D eigenvalue weighted by Crippen LogP contribution is 2.17. The van der Waals surface area contributed by atoms with Crippen LogP contribution in [0.3, 0.4) is 0 Å². The zero-order valence-corrected chi connectivity index (χ0v) is 16.0. The van der Waals surface area contributed by atoms with Crippen molar-refractivity contribution in [3.63, 3.8) is 0 Å². The Morgan fingerprint density at radius 2 is 2.29 bits per heavy atom. The molecule has 1 fully saturated rings. The molecule has 2 rings (SSSR count). The molecule has 1 aromatic heterocycles. The lowest BCUT2D eigenvalue weighted by molar-refractivity contribution is 0.567. The van der Waals surface area contributed by atoms with Crippen molar-refractivity contribution in [1.82, 2.24) is 10.6 Å². The lowest BCUT2D eigenvalue weighted by Crippen LogP contribution is -2.40. The molecule has 0 spiro atoms. The third-order valence-electron chi connectivity index (χ3n) is 3.23. The van der Waals surface area contributed by atoms with Crippen LogP contribution in [0, 0.1) is 5.92 Å². The average Bonchev–Trinajstić information content (AvgIpc) is 3.02. The van der Waals surface area contributed by atoms with E-state index in [1.165, 1.54) is 5.56 Å². The smallest absolute Gasteiger partial charge is 0.191 e. The highest BCUT2D eigenvalue weighted by Gasteiger charge is 2.27. The van der Waals surface area contributed by atoms with E-state index in [1.54, 1.807) is 11.3 Å². The van der Waals surface area contributed by atoms with E-state index in [1.807, 2.05) is 12.3 Å². The third-order valence-corrected chi connectivity index (χ3v) is 5.80. The Labute approximate surface area is 147 Å². The van der Waals surface area contributed by atoms with Gasteiger partial charge in [0.05, 0.1) is 18.1 Å². The molecule has 0 aliphatic carbocycles. The Balaban J connectivity index is 0.00000220. The van der Waals surface area contributed by atoms with Crippen LogP contribution in [0.25, 0.3) is 0 Å². The lowest BCUT2D eigenvalue weighted by atomic mass is 10.1. The molecule has 1 aromatic rings. The summed E-state index contributed by atoms with van der Waals surface area (Å²) in [5, 5.41) is 10.5. The van der Waals surface area contributed by atoms with Crippen LogP contribution < -0.4 is 10.6 Å². The highest BCUT2D eigenvalue weighted by molar-refractivity contribution is 14.0. The van der Waals surface area contributed by atoms with E-state index in [2.05, 4.69) is 27.1 Å². The van der Waals surface area contributed by atoms with E-state index in [0.29, 0.717) is 24.6 Å². The van der Waals surface area contributed by atoms with Crippen molar-refractivity contribution >= 4 is 51.1 Å². The van der Waals surface area contributed by atoms with Crippen molar-refractivity contribution in [2.75, 3.05) is 24.6 Å². The third kappa shape index (κ3) is 6.52. The first kappa shape index (κ1) is 18.7. The van der Waals surface area contributed by atoms with Crippen molar-refractivity contribution < 1.29 is 8.42 Å². The van der Waals surface area contributed by atoms with Crippen LogP contribution in [0.15, 0.2) is 21.8 Å². The summed E-state index contributed by atoms with van der Waals surface area (Å²) >= 11 is 1.66. The van der Waals surface area contributed by atoms with Gasteiger partial charge in [0, 0.05) is 13.1 Å². The quantitative estimate of drug-likeness (QED) is 0.414. The molecule has 1 atom stereocenters. The fraction of sp³-hybridized carbons (Fsp3) is 0.615. The van der Waals surface area contributed by atoms with Gasteiger partial charge in [-0.25, -0.2) is 13.4 Å². The van der Waals surface area contributed by atoms with E-state index in [0.717, 1.165) is 18.9 Å². The molecule has 0 radical (unpaired) electrons. The number of nitrogens with one attached hydrogen (secondary N) is 2. The van der Waals surface area contributed by atoms with Crippen molar-refractivity contribution in [3.05, 3.63) is 22.4 Å². The first-order valence-electron chi connectivity index (χ1n) is 6.83. The number of nitrogens with zero attached hydrogens (tertiary/aromatic N) is 1. The summed E-state index contributed by atoms with van der Waals surface area (Å²) in [4.78, 5) is 4.50. The standard InChI is InChI=1S/C13H21N3O2S2.HI/c1-2-14-13(15-7-11-3-5-19-9-11)16-8-12-4-6-20(17,18)10-12;/h3,5,9,12H,2,4,6-8,10H2,1H3,(H2,14,15,16);1H. The molecule has 120 valence electrons. The van der Waals surface area contributed by atoms with Crippen molar-refractivity contribution in [1.29, 1.82) is 0 Å². The van der Waals surface area contributed by atoms with Crippen LogP contribution in [-0.4, -0.2) is 39.0 Å². The summed E-state index contributed by atoms with van der Waals surface area (Å²) in [5.41, 5.74) is 1.19. The zero-order chi connectivity index (χ0) is 14.4. The largest absolute Gasteiger partial charge is 0.357 e. The summed E-state index contributed by atoms with van der Waals surface area (Å²) in [5.74, 6) is 1.57. The normalized spacial score (nSPS) is 20.8. The number of sulfone groups is 1. The Bertz CT molecular complexity index is 544. The highest BCUT2D eigenvalue weighted by atomic mass is 127. The summed E-state index contributed by atoms with van der Waals surface area (Å²) in [6.45, 7) is 4.11. The SMILES string of the molecule is CCNC(=NCc1ccsc1)NCC1CCS(=O)(=O)C1.I. The fourth-order valence-electron chi connectivity index (χ4n) is 2.17. The van der Waals surface area contributed by atoms with E-state index >= 15 is 0 Å². The van der Waals surface area contributed by atoms with Gasteiger partial charge < -0.3 is 10.6 Å². The number of aliphatic imine (C=N–C) groups is 1. The molecule has 21 heavy (non-hydrogen) atoms. The minimum Gasteiger partial charge on any atom is -0.357 e. The minimum atomic E-state index is -2.80. The van der Waals surface area contributed by atoms with Gasteiger partial charge in [-0.2, -0.15) is 11.3 Å². The average molecular weight is 443 g/mol. The second-order valence-electron chi connectivity index (χ2n) is 4.98. The van der Waals surface area contributed by atoms with E-state index in [4.69, 9.17) is 0 Å². The number of hydrogen-bond acceptors (Lipinski definition) is 4. The zero-order valence-electron chi connectivity index (χ0n) is 12.0. The van der Waals surface area contributed by atoms with Crippen LogP contribution >= 0.6 is 35.3 Å². The Morgan fingerprint density at radius 1 is 1.48 bits per heavy atom. The summed E-state index contributed by atoms with van der Waals surface area (Å²) in [6.07, 6.45) is 0.749. The number of halogens is 1. The molecule has 8 heteroatoms. The maximum atomic E-state index is 11.4. The van der Waals surface area contributed by atoms with Gasteiger partial charge in [-0.15, -0.1) is 24.0 Å². The Kier molecular flexibility index (Phi) is 7.96. The predicted molar refractivity (Wildman–Crippen MR) is 99.3 cm³/mol. The van der Waals surface area contributed by atoms with Gasteiger partial charge in [0.25, 0.3) is 0 Å². The van der Waals surface area contributed by atoms with Crippen LogP contribution in [0.2, 0.25) is 0 Å². The van der Waals surface area contributed by atoms with Gasteiger partial charge in [-0.1, -0.05) is 0 Å². The van der Waals surface area contributed by atoms with Crippen molar-refractivity contribution in [3.8, 4) is 0 Å². The van der Waals surface area contributed by atoms with Crippen molar-refractivity contribution in [2.45, 2.75) is 19.9 Å². The maximum Gasteiger partial charge on any atom is 0.191 e. The van der Waals surface area contributed by atoms with E-state index in [-0.39, 0.29) is 29.9 Å². The second kappa shape index (κ2) is 8.94. The number of rotatable bonds is 5. The molecule has 2 N–H and O–H groups in total. The number of hydrogen-bond donors (Lipinski definition) is 2. The molecule has 5 nitrogen and oxygen atoms in total. The monoisotopic (exact) mass is 443 g/mol. The molecular formula is C13H22IN3O2S2. The van der Waals surface area contributed by atoms with E-state index in [9.17, 15) is 8.42 Å². The number of guanidine groups is 1. The van der Waals surface area contributed by atoms with Gasteiger partial charge in [0.2, 0.25) is 0 Å². The summed E-state index contributed by atoms with van der Waals surface area (Å²) < 4.78 is 22.8. The molecule has 1 unspecified atom stereocenters. The lowest BCUT2D eigenvalue weighted by Gasteiger charge is -2.14. The van der Waals surface area contributed by atoms with Gasteiger partial charge in [0.1, 0.15) is 0 Å². The summed E-state index contributed by atoms with van der Waals surface area (Å²) in [6, 6.07) is 2.06. The van der Waals surface area contributed by atoms with E-state index < -0.39 is 9.84 Å². The van der Waals surface area contributed by atoms with Gasteiger partial charge in [-0.3, -0.25) is 0 Å². The first-order chi connectivity index (χ1) is 9.59. The molecule has 0 aromatic carbocycles. The molecular weight excluding hydrogens is 421 g/mol. The van der Waals surface area contributed by atoms with Crippen LogP contribution in [0.5, 0.6) is 0 Å². The molecule has 1 saturated heterocycles. The molecule has 0 bridgehead atoms. The summed E-state index contributed by atoms with van der Waals surface area (Å²) in [7, 11) is -2.80. The second-order valence-corrected chi connectivity index (χ2v) is 7.99. The topological polar surface area (TPSA) is 70.6 Å². The van der Waals surface area contributed by atoms with Crippen LogP contribution in [0.4, 0.5) is 0 Å². The van der Waals surface area contributed by atoms with Crippen LogP contribution in [-0.2, 0) is 16.4 Å². The number of thiophene rings is 1. The fourth-order valence-corrected chi connectivity index (χ4v) is 4.69. The van der Waals surface area contributed by atoms with Crippen molar-refractivity contribution in [2.24, 2.45) is 10.9 Å². The first-order valence-corrected chi connectivity index (χ1v) is 9.59. The molecule has 2 heterocycles.